The van der Waals surface area contributed by atoms with Crippen LogP contribution in [0.4, 0.5) is 14.5 Å². The Morgan fingerprint density at radius 2 is 2.00 bits per heavy atom. The summed E-state index contributed by atoms with van der Waals surface area (Å²) < 4.78 is 27.8. The first-order valence-corrected chi connectivity index (χ1v) is 14.7. The van der Waals surface area contributed by atoms with E-state index in [-0.39, 0.29) is 36.4 Å². The molecule has 6 rings (SSSR count). The van der Waals surface area contributed by atoms with Crippen molar-refractivity contribution in [2.75, 3.05) is 37.6 Å². The average molecular weight is 587 g/mol. The van der Waals surface area contributed by atoms with E-state index in [9.17, 15) is 23.9 Å². The van der Waals surface area contributed by atoms with Gasteiger partial charge in [-0.2, -0.15) is 5.26 Å². The van der Waals surface area contributed by atoms with Gasteiger partial charge >= 0.3 is 0 Å². The van der Waals surface area contributed by atoms with Gasteiger partial charge in [-0.15, -0.1) is 0 Å². The van der Waals surface area contributed by atoms with Gasteiger partial charge in [0.15, 0.2) is 0 Å². The molecule has 8 nitrogen and oxygen atoms in total. The first kappa shape index (κ1) is 29.3. The molecule has 224 valence electrons. The van der Waals surface area contributed by atoms with E-state index < -0.39 is 17.9 Å². The van der Waals surface area contributed by atoms with Crippen LogP contribution in [0.25, 0.3) is 0 Å². The summed E-state index contributed by atoms with van der Waals surface area (Å²) in [7, 11) is 0. The van der Waals surface area contributed by atoms with Gasteiger partial charge in [0, 0.05) is 68.9 Å². The molecule has 3 atom stereocenters. The molecule has 3 aliphatic rings. The molecule has 1 fully saturated rings. The third kappa shape index (κ3) is 5.78. The molecule has 1 saturated heterocycles. The van der Waals surface area contributed by atoms with Crippen LogP contribution in [0, 0.1) is 23.0 Å². The molecule has 1 amide bonds. The van der Waals surface area contributed by atoms with Crippen LogP contribution in [-0.2, 0) is 23.2 Å². The van der Waals surface area contributed by atoms with Crippen molar-refractivity contribution in [1.29, 1.82) is 5.26 Å². The Bertz CT molecular complexity index is 1600. The number of amides is 1. The topological polar surface area (TPSA) is 95.7 Å². The number of aromatic nitrogens is 1. The first-order chi connectivity index (χ1) is 20.5. The van der Waals surface area contributed by atoms with E-state index in [1.54, 1.807) is 17.2 Å². The Balaban J connectivity index is 1.19. The lowest BCUT2D eigenvalue weighted by atomic mass is 9.91. The number of hydrogen-bond acceptors (Lipinski definition) is 7. The molecule has 1 unspecified atom stereocenters. The molecule has 1 aromatic heterocycles. The number of piperazine rings is 1. The van der Waals surface area contributed by atoms with Crippen molar-refractivity contribution in [3.05, 3.63) is 93.8 Å². The maximum absolute atomic E-state index is 14.4. The average Bonchev–Trinajstić information content (AvgIpc) is 3.43. The van der Waals surface area contributed by atoms with Crippen LogP contribution in [0.3, 0.4) is 0 Å². The Kier molecular flexibility index (Phi) is 7.77. The van der Waals surface area contributed by atoms with E-state index in [2.05, 4.69) is 37.1 Å². The predicted molar refractivity (Wildman–Crippen MR) is 158 cm³/mol. The van der Waals surface area contributed by atoms with Crippen molar-refractivity contribution in [2.45, 2.75) is 57.5 Å². The van der Waals surface area contributed by atoms with Crippen LogP contribution >= 0.6 is 0 Å². The predicted octanol–water partition coefficient (Wildman–Crippen LogP) is 3.62. The lowest BCUT2D eigenvalue weighted by molar-refractivity contribution is -0.121. The van der Waals surface area contributed by atoms with Crippen LogP contribution in [0.2, 0.25) is 0 Å². The van der Waals surface area contributed by atoms with Gasteiger partial charge in [0.25, 0.3) is 0 Å². The minimum atomic E-state index is -0.763. The third-order valence-electron chi connectivity index (χ3n) is 8.90. The molecule has 0 aliphatic carbocycles. The zero-order chi connectivity index (χ0) is 30.5. The number of hydrogen-bond donors (Lipinski definition) is 2. The highest BCUT2D eigenvalue weighted by Crippen LogP contribution is 2.40. The SMILES string of the molecule is C[C@@H]1CN(CC(=O)N2CC(C)(C)c3ncc(Cc4ccc(F)cc4F)cc32)[C@@H](CN2Cc3cc(C#N)ccc3C2O)CN1. The molecule has 2 N–H and O–H groups in total. The highest BCUT2D eigenvalue weighted by Gasteiger charge is 2.41. The van der Waals surface area contributed by atoms with Crippen LogP contribution < -0.4 is 10.2 Å². The quantitative estimate of drug-likeness (QED) is 0.456. The molecular formula is C33H36F2N6O2. The minimum absolute atomic E-state index is 0.0134. The minimum Gasteiger partial charge on any atom is -0.374 e. The number of nitrogens with zero attached hydrogens (tertiary/aromatic N) is 5. The summed E-state index contributed by atoms with van der Waals surface area (Å²) >= 11 is 0. The van der Waals surface area contributed by atoms with Crippen LogP contribution in [-0.4, -0.2) is 70.6 Å². The smallest absolute Gasteiger partial charge is 0.241 e. The number of fused-ring (bicyclic) bond motifs is 2. The van der Waals surface area contributed by atoms with Gasteiger partial charge in [-0.3, -0.25) is 19.6 Å². The fraction of sp³-hybridized carbons (Fsp3) is 0.424. The molecule has 43 heavy (non-hydrogen) atoms. The molecule has 3 aliphatic heterocycles. The van der Waals surface area contributed by atoms with E-state index in [0.29, 0.717) is 43.9 Å². The van der Waals surface area contributed by atoms with E-state index in [0.717, 1.165) is 34.1 Å². The Hall–Kier alpha value is -3.75. The summed E-state index contributed by atoms with van der Waals surface area (Å²) in [5, 5.41) is 23.8. The van der Waals surface area contributed by atoms with Crippen LogP contribution in [0.1, 0.15) is 60.5 Å². The second-order valence-corrected chi connectivity index (χ2v) is 12.7. The number of pyridine rings is 1. The number of carbonyl (C=O) groups excluding carboxylic acids is 1. The number of nitriles is 1. The lowest BCUT2D eigenvalue weighted by Gasteiger charge is -2.41. The van der Waals surface area contributed by atoms with Gasteiger partial charge in [0.1, 0.15) is 17.9 Å². The van der Waals surface area contributed by atoms with Crippen molar-refractivity contribution in [2.24, 2.45) is 0 Å². The Labute approximate surface area is 250 Å². The molecule has 0 spiro atoms. The number of rotatable bonds is 6. The Morgan fingerprint density at radius 3 is 2.77 bits per heavy atom. The number of aliphatic hydroxyl groups excluding tert-OH is 1. The number of aliphatic hydroxyl groups is 1. The zero-order valence-corrected chi connectivity index (χ0v) is 24.6. The summed E-state index contributed by atoms with van der Waals surface area (Å²) in [4.78, 5) is 24.6. The Morgan fingerprint density at radius 1 is 1.19 bits per heavy atom. The first-order valence-electron chi connectivity index (χ1n) is 14.7. The second-order valence-electron chi connectivity index (χ2n) is 12.7. The zero-order valence-electron chi connectivity index (χ0n) is 24.6. The van der Waals surface area contributed by atoms with E-state index >= 15 is 0 Å². The summed E-state index contributed by atoms with van der Waals surface area (Å²) in [6, 6.07) is 13.2. The number of halogens is 2. The fourth-order valence-electron chi connectivity index (χ4n) is 6.65. The van der Waals surface area contributed by atoms with Crippen molar-refractivity contribution in [1.82, 2.24) is 20.1 Å². The second kappa shape index (κ2) is 11.4. The highest BCUT2D eigenvalue weighted by molar-refractivity contribution is 5.97. The third-order valence-corrected chi connectivity index (χ3v) is 8.90. The van der Waals surface area contributed by atoms with Crippen molar-refractivity contribution >= 4 is 11.6 Å². The number of benzene rings is 2. The lowest BCUT2D eigenvalue weighted by Crippen LogP contribution is -2.60. The van der Waals surface area contributed by atoms with E-state index in [1.807, 2.05) is 23.1 Å². The molecule has 2 aromatic carbocycles. The summed E-state index contributed by atoms with van der Waals surface area (Å²) in [6.07, 6.45) is 1.19. The molecular weight excluding hydrogens is 550 g/mol. The summed E-state index contributed by atoms with van der Waals surface area (Å²) in [5.41, 5.74) is 4.65. The van der Waals surface area contributed by atoms with Gasteiger partial charge in [-0.1, -0.05) is 26.0 Å². The normalized spacial score (nSPS) is 23.2. The van der Waals surface area contributed by atoms with Crippen molar-refractivity contribution < 1.29 is 18.7 Å². The highest BCUT2D eigenvalue weighted by atomic mass is 19.1. The van der Waals surface area contributed by atoms with Gasteiger partial charge < -0.3 is 15.3 Å². The molecule has 0 radical (unpaired) electrons. The maximum atomic E-state index is 14.4. The van der Waals surface area contributed by atoms with E-state index in [4.69, 9.17) is 4.98 Å². The van der Waals surface area contributed by atoms with Crippen molar-refractivity contribution in [3.8, 4) is 6.07 Å². The van der Waals surface area contributed by atoms with Gasteiger partial charge in [0.05, 0.1) is 29.6 Å². The van der Waals surface area contributed by atoms with Gasteiger partial charge in [0.2, 0.25) is 5.91 Å². The van der Waals surface area contributed by atoms with E-state index in [1.165, 1.54) is 12.1 Å². The molecule has 3 aromatic rings. The monoisotopic (exact) mass is 586 g/mol. The standard InChI is InChI=1S/C33H36F2N6O2/c1-20-15-39(26(14-37-20)17-40-16-24-8-21(12-36)4-7-27(24)32(40)43)18-30(42)41-19-33(2,3)31-29(41)10-22(13-38-31)9-23-5-6-25(34)11-28(23)35/h4-8,10-11,13,20,26,32,37,43H,9,14-19H2,1-3H3/t20-,26-,32?/m1/s1. The van der Waals surface area contributed by atoms with Gasteiger partial charge in [-0.05, 0) is 53.4 Å². The molecule has 0 bridgehead atoms. The molecule has 4 heterocycles. The largest absolute Gasteiger partial charge is 0.374 e. The number of anilines is 1. The molecule has 10 heteroatoms. The fourth-order valence-corrected chi connectivity index (χ4v) is 6.65. The number of carbonyl (C=O) groups is 1. The maximum Gasteiger partial charge on any atom is 0.241 e. The van der Waals surface area contributed by atoms with Crippen molar-refractivity contribution in [3.63, 3.8) is 0 Å². The number of nitrogens with one attached hydrogen (secondary N) is 1. The summed E-state index contributed by atoms with van der Waals surface area (Å²) in [5.74, 6) is -1.27. The van der Waals surface area contributed by atoms with Gasteiger partial charge in [-0.25, -0.2) is 8.78 Å². The molecule has 0 saturated carbocycles. The summed E-state index contributed by atoms with van der Waals surface area (Å²) in [6.45, 7) is 9.35. The van der Waals surface area contributed by atoms with Crippen LogP contribution in [0.5, 0.6) is 0 Å². The van der Waals surface area contributed by atoms with Crippen LogP contribution in [0.15, 0.2) is 48.7 Å².